The molecule has 3 aromatic rings. The monoisotopic (exact) mass is 343 g/mol. The second-order valence-electron chi connectivity index (χ2n) is 5.28. The number of hydrogen-bond donors (Lipinski definition) is 2. The Balaban J connectivity index is 0.00000208. The summed E-state index contributed by atoms with van der Waals surface area (Å²) in [6.45, 7) is 0.499. The van der Waals surface area contributed by atoms with Crippen LogP contribution in [0.2, 0.25) is 0 Å². The fraction of sp³-hybridized carbons (Fsp3) is 0.111. The molecule has 1 aromatic heterocycles. The molecular weight excluding hydrogens is 326 g/mol. The highest BCUT2D eigenvalue weighted by Crippen LogP contribution is 2.22. The highest BCUT2D eigenvalue weighted by atomic mass is 35.5. The van der Waals surface area contributed by atoms with Crippen LogP contribution in [0.4, 0.5) is 0 Å². The molecule has 3 N–H and O–H groups in total. The molecular formula is C18H18ClN3O2. The number of esters is 1. The van der Waals surface area contributed by atoms with E-state index < -0.39 is 0 Å². The van der Waals surface area contributed by atoms with Gasteiger partial charge in [0.1, 0.15) is 11.5 Å². The van der Waals surface area contributed by atoms with E-state index in [1.54, 1.807) is 6.07 Å². The number of nitrogens with zero attached hydrogens (tertiary/aromatic N) is 1. The molecule has 0 amide bonds. The average molecular weight is 344 g/mol. The van der Waals surface area contributed by atoms with Crippen molar-refractivity contribution in [2.24, 2.45) is 5.73 Å². The van der Waals surface area contributed by atoms with Gasteiger partial charge in [-0.15, -0.1) is 12.4 Å². The Hall–Kier alpha value is -2.79. The molecule has 0 spiro atoms. The molecule has 1 heterocycles. The maximum absolute atomic E-state index is 12.1. The number of methoxy groups -OCH3 is 1. The molecule has 6 heteroatoms. The van der Waals surface area contributed by atoms with Crippen molar-refractivity contribution < 1.29 is 9.53 Å². The molecule has 0 unspecified atom stereocenters. The highest BCUT2D eigenvalue weighted by molar-refractivity contribution is 5.96. The van der Waals surface area contributed by atoms with Crippen LogP contribution in [0.5, 0.6) is 0 Å². The zero-order chi connectivity index (χ0) is 16.4. The molecule has 0 aliphatic rings. The third-order valence-corrected chi connectivity index (χ3v) is 3.78. The Labute approximate surface area is 146 Å². The summed E-state index contributed by atoms with van der Waals surface area (Å²) < 4.78 is 6.81. The number of amidine groups is 1. The summed E-state index contributed by atoms with van der Waals surface area (Å²) >= 11 is 0. The Kier molecular flexibility index (Phi) is 5.26. The number of nitrogens with one attached hydrogen (secondary N) is 1. The number of aromatic nitrogens is 1. The number of ether oxygens (including phenoxy) is 1. The molecule has 3 rings (SSSR count). The third kappa shape index (κ3) is 3.26. The van der Waals surface area contributed by atoms with Crippen molar-refractivity contribution in [3.63, 3.8) is 0 Å². The predicted molar refractivity (Wildman–Crippen MR) is 97.1 cm³/mol. The minimum Gasteiger partial charge on any atom is -0.464 e. The number of carbonyl (C=O) groups is 1. The molecule has 0 saturated carbocycles. The molecule has 0 aliphatic carbocycles. The summed E-state index contributed by atoms with van der Waals surface area (Å²) in [7, 11) is 1.38. The number of halogens is 1. The highest BCUT2D eigenvalue weighted by Gasteiger charge is 2.16. The summed E-state index contributed by atoms with van der Waals surface area (Å²) in [5.74, 6) is -0.346. The van der Waals surface area contributed by atoms with Crippen molar-refractivity contribution in [3.05, 3.63) is 71.4 Å². The van der Waals surface area contributed by atoms with Crippen LogP contribution in [0, 0.1) is 5.41 Å². The first-order chi connectivity index (χ1) is 11.1. The van der Waals surface area contributed by atoms with Gasteiger partial charge in [0, 0.05) is 23.0 Å². The summed E-state index contributed by atoms with van der Waals surface area (Å²) in [4.78, 5) is 12.1. The second kappa shape index (κ2) is 7.19. The van der Waals surface area contributed by atoms with Crippen LogP contribution < -0.4 is 5.73 Å². The SMILES string of the molecule is COC(=O)c1cc2ccccc2n1Cc1cccc(C(=N)N)c1.Cl. The van der Waals surface area contributed by atoms with E-state index in [1.807, 2.05) is 53.1 Å². The van der Waals surface area contributed by atoms with Crippen molar-refractivity contribution in [2.45, 2.75) is 6.54 Å². The van der Waals surface area contributed by atoms with Gasteiger partial charge in [0.2, 0.25) is 0 Å². The second-order valence-corrected chi connectivity index (χ2v) is 5.28. The van der Waals surface area contributed by atoms with Gasteiger partial charge >= 0.3 is 5.97 Å². The van der Waals surface area contributed by atoms with Crippen molar-refractivity contribution in [1.29, 1.82) is 5.41 Å². The number of para-hydroxylation sites is 1. The van der Waals surface area contributed by atoms with Crippen LogP contribution in [-0.4, -0.2) is 23.5 Å². The molecule has 0 atom stereocenters. The third-order valence-electron chi connectivity index (χ3n) is 3.78. The van der Waals surface area contributed by atoms with Crippen molar-refractivity contribution in [1.82, 2.24) is 4.57 Å². The van der Waals surface area contributed by atoms with Crippen LogP contribution in [0.25, 0.3) is 10.9 Å². The maximum Gasteiger partial charge on any atom is 0.354 e. The van der Waals surface area contributed by atoms with Gasteiger partial charge in [-0.05, 0) is 23.8 Å². The van der Waals surface area contributed by atoms with Crippen molar-refractivity contribution in [2.75, 3.05) is 7.11 Å². The fourth-order valence-electron chi connectivity index (χ4n) is 2.67. The van der Waals surface area contributed by atoms with Crippen LogP contribution in [0.1, 0.15) is 21.6 Å². The van der Waals surface area contributed by atoms with E-state index in [1.165, 1.54) is 7.11 Å². The quantitative estimate of drug-likeness (QED) is 0.433. The Morgan fingerprint density at radius 2 is 1.92 bits per heavy atom. The summed E-state index contributed by atoms with van der Waals surface area (Å²) in [5, 5.41) is 8.53. The normalized spacial score (nSPS) is 10.2. The number of nitrogen functional groups attached to an aromatic ring is 1. The van der Waals surface area contributed by atoms with E-state index in [0.717, 1.165) is 16.5 Å². The van der Waals surface area contributed by atoms with Gasteiger partial charge in [0.25, 0.3) is 0 Å². The van der Waals surface area contributed by atoms with E-state index in [-0.39, 0.29) is 24.2 Å². The first-order valence-electron chi connectivity index (χ1n) is 7.20. The maximum atomic E-state index is 12.1. The van der Waals surface area contributed by atoms with Gasteiger partial charge in [0.15, 0.2) is 0 Å². The molecule has 5 nitrogen and oxygen atoms in total. The average Bonchev–Trinajstić information content (AvgIpc) is 2.93. The number of hydrogen-bond acceptors (Lipinski definition) is 3. The largest absolute Gasteiger partial charge is 0.464 e. The van der Waals surface area contributed by atoms with Gasteiger partial charge in [-0.25, -0.2) is 4.79 Å². The van der Waals surface area contributed by atoms with Crippen molar-refractivity contribution >= 4 is 35.1 Å². The van der Waals surface area contributed by atoms with Crippen LogP contribution in [-0.2, 0) is 11.3 Å². The first kappa shape index (κ1) is 17.6. The summed E-state index contributed by atoms with van der Waals surface area (Å²) in [6, 6.07) is 17.1. The van der Waals surface area contributed by atoms with Gasteiger partial charge < -0.3 is 15.0 Å². The lowest BCUT2D eigenvalue weighted by atomic mass is 10.1. The Morgan fingerprint density at radius 1 is 1.17 bits per heavy atom. The van der Waals surface area contributed by atoms with E-state index in [9.17, 15) is 4.79 Å². The Morgan fingerprint density at radius 3 is 2.62 bits per heavy atom. The zero-order valence-corrected chi connectivity index (χ0v) is 14.0. The van der Waals surface area contributed by atoms with Gasteiger partial charge in [-0.2, -0.15) is 0 Å². The van der Waals surface area contributed by atoms with Gasteiger partial charge in [-0.3, -0.25) is 5.41 Å². The lowest BCUT2D eigenvalue weighted by molar-refractivity contribution is 0.0589. The van der Waals surface area contributed by atoms with Crippen LogP contribution in [0.3, 0.4) is 0 Å². The molecule has 0 bridgehead atoms. The molecule has 24 heavy (non-hydrogen) atoms. The Bertz CT molecular complexity index is 902. The van der Waals surface area contributed by atoms with E-state index >= 15 is 0 Å². The van der Waals surface area contributed by atoms with E-state index in [2.05, 4.69) is 0 Å². The minimum atomic E-state index is -0.371. The zero-order valence-electron chi connectivity index (χ0n) is 13.2. The van der Waals surface area contributed by atoms with E-state index in [4.69, 9.17) is 15.9 Å². The smallest absolute Gasteiger partial charge is 0.354 e. The van der Waals surface area contributed by atoms with Crippen LogP contribution in [0.15, 0.2) is 54.6 Å². The minimum absolute atomic E-state index is 0. The first-order valence-corrected chi connectivity index (χ1v) is 7.20. The van der Waals surface area contributed by atoms with Crippen LogP contribution >= 0.6 is 12.4 Å². The summed E-state index contributed by atoms with van der Waals surface area (Å²) in [5.41, 5.74) is 8.64. The molecule has 0 saturated heterocycles. The molecule has 2 aromatic carbocycles. The van der Waals surface area contributed by atoms with E-state index in [0.29, 0.717) is 17.8 Å². The molecule has 0 fully saturated rings. The fourth-order valence-corrected chi connectivity index (χ4v) is 2.67. The standard InChI is InChI=1S/C18H17N3O2.ClH/c1-23-18(22)16-10-13-6-2-3-8-15(13)21(16)11-12-5-4-7-14(9-12)17(19)20;/h2-10H,11H2,1H3,(H3,19,20);1H. The number of benzene rings is 2. The summed E-state index contributed by atoms with van der Waals surface area (Å²) in [6.07, 6.45) is 0. The molecule has 124 valence electrons. The van der Waals surface area contributed by atoms with Gasteiger partial charge in [0.05, 0.1) is 7.11 Å². The number of fused-ring (bicyclic) bond motifs is 1. The molecule has 0 aliphatic heterocycles. The number of rotatable bonds is 4. The number of nitrogens with two attached hydrogens (primary N) is 1. The lowest BCUT2D eigenvalue weighted by Gasteiger charge is -2.11. The molecule has 0 radical (unpaired) electrons. The van der Waals surface area contributed by atoms with Crippen molar-refractivity contribution in [3.8, 4) is 0 Å². The topological polar surface area (TPSA) is 81.1 Å². The lowest BCUT2D eigenvalue weighted by Crippen LogP contribution is -2.13. The predicted octanol–water partition coefficient (Wildman–Crippen LogP) is 3.18. The van der Waals surface area contributed by atoms with Gasteiger partial charge in [-0.1, -0.05) is 36.4 Å². The number of carbonyl (C=O) groups excluding carboxylic acids is 1.